The third kappa shape index (κ3) is 11.1. The highest BCUT2D eigenvalue weighted by molar-refractivity contribution is 5.92. The Morgan fingerprint density at radius 2 is 1.44 bits per heavy atom. The fourth-order valence-electron chi connectivity index (χ4n) is 3.88. The van der Waals surface area contributed by atoms with Gasteiger partial charge in [-0.2, -0.15) is 13.2 Å². The number of nitrogens with two attached hydrogens (primary N) is 2. The fraction of sp³-hybridized carbons (Fsp3) is 0.258. The lowest BCUT2D eigenvalue weighted by Crippen LogP contribution is -2.10. The summed E-state index contributed by atoms with van der Waals surface area (Å²) in [6.07, 6.45) is -0.814. The van der Waals surface area contributed by atoms with Crippen molar-refractivity contribution >= 4 is 35.4 Å². The maximum absolute atomic E-state index is 12.4. The minimum Gasteiger partial charge on any atom is -0.494 e. The molecule has 0 atom stereocenters. The van der Waals surface area contributed by atoms with Gasteiger partial charge in [0.05, 0.1) is 24.3 Å². The SMILES string of the molecule is Nc1cc(C(=O)O)cc(N)c1CCCCOC(=O)C=Cc1ccc(OC(=O)c2ccc(OCCCC(F)(F)F)cc2)cc1. The van der Waals surface area contributed by atoms with Crippen molar-refractivity contribution in [2.45, 2.75) is 38.3 Å². The molecule has 0 fully saturated rings. The first kappa shape index (κ1) is 32.5. The van der Waals surface area contributed by atoms with Crippen molar-refractivity contribution in [1.29, 1.82) is 0 Å². The molecule has 3 aromatic carbocycles. The van der Waals surface area contributed by atoms with Crippen LogP contribution < -0.4 is 20.9 Å². The molecule has 12 heteroatoms. The Kier molecular flexibility index (Phi) is 11.6. The van der Waals surface area contributed by atoms with Gasteiger partial charge in [-0.3, -0.25) is 0 Å². The zero-order valence-corrected chi connectivity index (χ0v) is 23.1. The van der Waals surface area contributed by atoms with Gasteiger partial charge < -0.3 is 30.8 Å². The molecule has 0 aliphatic rings. The van der Waals surface area contributed by atoms with Crippen molar-refractivity contribution in [2.24, 2.45) is 0 Å². The minimum absolute atomic E-state index is 0.0228. The molecule has 5 N–H and O–H groups in total. The number of halogens is 3. The van der Waals surface area contributed by atoms with E-state index < -0.39 is 30.5 Å². The van der Waals surface area contributed by atoms with E-state index in [1.165, 1.54) is 42.5 Å². The Morgan fingerprint density at radius 3 is 2.05 bits per heavy atom. The molecule has 43 heavy (non-hydrogen) atoms. The molecule has 0 aromatic heterocycles. The van der Waals surface area contributed by atoms with E-state index in [0.29, 0.717) is 47.5 Å². The third-order valence-corrected chi connectivity index (χ3v) is 6.10. The maximum Gasteiger partial charge on any atom is 0.389 e. The predicted octanol–water partition coefficient (Wildman–Crippen LogP) is 6.07. The Balaban J connectivity index is 1.37. The molecule has 0 saturated carbocycles. The molecular formula is C31H31F3N2O7. The van der Waals surface area contributed by atoms with Gasteiger partial charge in [0, 0.05) is 23.9 Å². The summed E-state index contributed by atoms with van der Waals surface area (Å²) in [6, 6.07) is 15.0. The van der Waals surface area contributed by atoms with Gasteiger partial charge in [0.25, 0.3) is 0 Å². The Labute approximate surface area is 245 Å². The van der Waals surface area contributed by atoms with Crippen LogP contribution in [0, 0.1) is 0 Å². The van der Waals surface area contributed by atoms with Gasteiger partial charge in [0.2, 0.25) is 0 Å². The van der Waals surface area contributed by atoms with Crippen LogP contribution in [0.4, 0.5) is 24.5 Å². The molecule has 0 unspecified atom stereocenters. The number of nitrogen functional groups attached to an aromatic ring is 2. The van der Waals surface area contributed by atoms with E-state index in [2.05, 4.69) is 0 Å². The van der Waals surface area contributed by atoms with Crippen molar-refractivity contribution in [3.63, 3.8) is 0 Å². The number of unbranched alkanes of at least 4 members (excludes halogenated alkanes) is 1. The first-order valence-electron chi connectivity index (χ1n) is 13.3. The summed E-state index contributed by atoms with van der Waals surface area (Å²) in [6.45, 7) is 0.0814. The van der Waals surface area contributed by atoms with E-state index in [-0.39, 0.29) is 36.5 Å². The number of carboxylic acid groups (broad SMARTS) is 1. The number of carboxylic acids is 1. The fourth-order valence-corrected chi connectivity index (χ4v) is 3.88. The van der Waals surface area contributed by atoms with Crippen molar-refractivity contribution < 1.29 is 46.9 Å². The second-order valence-electron chi connectivity index (χ2n) is 9.45. The second-order valence-corrected chi connectivity index (χ2v) is 9.45. The number of esters is 2. The summed E-state index contributed by atoms with van der Waals surface area (Å²) >= 11 is 0. The molecule has 0 amide bonds. The van der Waals surface area contributed by atoms with Gasteiger partial charge in [-0.05, 0) is 91.4 Å². The van der Waals surface area contributed by atoms with Crippen LogP contribution in [-0.2, 0) is 16.0 Å². The number of anilines is 2. The number of rotatable bonds is 14. The molecular weight excluding hydrogens is 569 g/mol. The number of carbonyl (C=O) groups is 3. The largest absolute Gasteiger partial charge is 0.494 e. The molecule has 228 valence electrons. The van der Waals surface area contributed by atoms with E-state index in [1.807, 2.05) is 0 Å². The number of hydrogen-bond acceptors (Lipinski definition) is 8. The third-order valence-electron chi connectivity index (χ3n) is 6.10. The molecule has 0 saturated heterocycles. The monoisotopic (exact) mass is 600 g/mol. The lowest BCUT2D eigenvalue weighted by molar-refractivity contribution is -0.138. The standard InChI is InChI=1S/C31H31F3N2O7/c32-31(33,34)15-3-17-41-23-12-8-21(9-13-23)30(40)43-24-10-5-20(6-11-24)7-14-28(37)42-16-2-1-4-25-26(35)18-22(29(38)39)19-27(25)36/h5-14,18-19H,1-4,15-17,35-36H2,(H,38,39). The van der Waals surface area contributed by atoms with Crippen LogP contribution in [0.15, 0.2) is 66.7 Å². The molecule has 3 aromatic rings. The summed E-state index contributed by atoms with van der Waals surface area (Å²) in [5.41, 5.74) is 14.0. The number of aromatic carboxylic acids is 1. The van der Waals surface area contributed by atoms with Gasteiger partial charge in [-0.15, -0.1) is 0 Å². The van der Waals surface area contributed by atoms with Crippen LogP contribution in [0.25, 0.3) is 6.08 Å². The molecule has 3 rings (SSSR count). The smallest absolute Gasteiger partial charge is 0.389 e. The summed E-state index contributed by atoms with van der Waals surface area (Å²) in [5.74, 6) is -1.66. The van der Waals surface area contributed by atoms with E-state index in [0.717, 1.165) is 0 Å². The van der Waals surface area contributed by atoms with Crippen molar-refractivity contribution in [2.75, 3.05) is 24.7 Å². The average molecular weight is 601 g/mol. The maximum atomic E-state index is 12.4. The van der Waals surface area contributed by atoms with E-state index in [9.17, 15) is 27.6 Å². The molecule has 0 bridgehead atoms. The van der Waals surface area contributed by atoms with Crippen LogP contribution in [0.3, 0.4) is 0 Å². The Bertz CT molecular complexity index is 1410. The highest BCUT2D eigenvalue weighted by atomic mass is 19.4. The molecule has 0 aliphatic heterocycles. The van der Waals surface area contributed by atoms with Crippen molar-refractivity contribution in [3.05, 3.63) is 89.0 Å². The first-order chi connectivity index (χ1) is 20.4. The van der Waals surface area contributed by atoms with E-state index >= 15 is 0 Å². The number of benzene rings is 3. The van der Waals surface area contributed by atoms with Gasteiger partial charge in [-0.25, -0.2) is 14.4 Å². The lowest BCUT2D eigenvalue weighted by Gasteiger charge is -2.10. The zero-order valence-electron chi connectivity index (χ0n) is 23.1. The lowest BCUT2D eigenvalue weighted by atomic mass is 10.0. The van der Waals surface area contributed by atoms with Crippen LogP contribution in [-0.4, -0.2) is 42.4 Å². The van der Waals surface area contributed by atoms with Crippen molar-refractivity contribution in [3.8, 4) is 11.5 Å². The highest BCUT2D eigenvalue weighted by Crippen LogP contribution is 2.25. The Morgan fingerprint density at radius 1 is 0.814 bits per heavy atom. The van der Waals surface area contributed by atoms with Crippen LogP contribution in [0.1, 0.15) is 57.5 Å². The van der Waals surface area contributed by atoms with Gasteiger partial charge in [-0.1, -0.05) is 12.1 Å². The van der Waals surface area contributed by atoms with Crippen LogP contribution in [0.2, 0.25) is 0 Å². The van der Waals surface area contributed by atoms with Crippen molar-refractivity contribution in [1.82, 2.24) is 0 Å². The zero-order chi connectivity index (χ0) is 31.4. The Hall–Kier alpha value is -5.00. The average Bonchev–Trinajstić information content (AvgIpc) is 2.95. The van der Waals surface area contributed by atoms with Gasteiger partial charge in [0.1, 0.15) is 11.5 Å². The normalized spacial score (nSPS) is 11.3. The number of ether oxygens (including phenoxy) is 3. The minimum atomic E-state index is -4.23. The summed E-state index contributed by atoms with van der Waals surface area (Å²) in [7, 11) is 0. The number of carbonyl (C=O) groups excluding carboxylic acids is 2. The summed E-state index contributed by atoms with van der Waals surface area (Å²) in [5, 5.41) is 9.06. The number of hydrogen-bond donors (Lipinski definition) is 3. The van der Waals surface area contributed by atoms with Gasteiger partial charge >= 0.3 is 24.1 Å². The molecule has 0 spiro atoms. The van der Waals surface area contributed by atoms with Gasteiger partial charge in [0.15, 0.2) is 0 Å². The second kappa shape index (κ2) is 15.3. The van der Waals surface area contributed by atoms with Crippen LogP contribution in [0.5, 0.6) is 11.5 Å². The topological polar surface area (TPSA) is 151 Å². The van der Waals surface area contributed by atoms with Crippen LogP contribution >= 0.6 is 0 Å². The highest BCUT2D eigenvalue weighted by Gasteiger charge is 2.26. The molecule has 0 heterocycles. The molecule has 0 radical (unpaired) electrons. The summed E-state index contributed by atoms with van der Waals surface area (Å²) < 4.78 is 52.4. The van der Waals surface area contributed by atoms with E-state index in [4.69, 9.17) is 30.8 Å². The number of alkyl halides is 3. The molecule has 9 nitrogen and oxygen atoms in total. The summed E-state index contributed by atoms with van der Waals surface area (Å²) in [4.78, 5) is 35.5. The van der Waals surface area contributed by atoms with E-state index in [1.54, 1.807) is 30.3 Å². The predicted molar refractivity (Wildman–Crippen MR) is 154 cm³/mol. The molecule has 0 aliphatic carbocycles. The quantitative estimate of drug-likeness (QED) is 0.0658. The first-order valence-corrected chi connectivity index (χ1v) is 13.3.